The van der Waals surface area contributed by atoms with Crippen LogP contribution in [0.15, 0.2) is 0 Å². The van der Waals surface area contributed by atoms with Gasteiger partial charge in [-0.3, -0.25) is 14.6 Å². The number of hydroxylamine groups is 4. The van der Waals surface area contributed by atoms with E-state index in [9.17, 15) is 0 Å². The van der Waals surface area contributed by atoms with E-state index in [0.29, 0.717) is 13.5 Å². The molecule has 0 unspecified atom stereocenters. The molecule has 0 N–H and O–H groups in total. The molecule has 0 aromatic rings. The molecule has 5 nitrogen and oxygen atoms in total. The third-order valence-corrected chi connectivity index (χ3v) is 2.33. The Hall–Kier alpha value is -0.200. The summed E-state index contributed by atoms with van der Waals surface area (Å²) >= 11 is 0. The Kier molecular flexibility index (Phi) is 9.86. The summed E-state index contributed by atoms with van der Waals surface area (Å²) in [6.45, 7) is 13.1. The van der Waals surface area contributed by atoms with Crippen LogP contribution in [-0.4, -0.2) is 61.7 Å². The molecule has 0 atom stereocenters. The Balaban J connectivity index is 3.61. The molecule has 0 aromatic carbocycles. The summed E-state index contributed by atoms with van der Waals surface area (Å²) in [4.78, 5) is 13.1. The number of hydrogen-bond acceptors (Lipinski definition) is 5. The molecule has 0 saturated carbocycles. The van der Waals surface area contributed by atoms with E-state index in [-0.39, 0.29) is 0 Å². The minimum atomic E-state index is 0.558. The van der Waals surface area contributed by atoms with Crippen molar-refractivity contribution in [2.45, 2.75) is 27.7 Å². The Morgan fingerprint density at radius 2 is 1.00 bits per heavy atom. The van der Waals surface area contributed by atoms with Crippen LogP contribution >= 0.6 is 0 Å². The first-order chi connectivity index (χ1) is 7.67. The van der Waals surface area contributed by atoms with E-state index in [4.69, 9.17) is 9.68 Å². The van der Waals surface area contributed by atoms with Crippen molar-refractivity contribution in [1.82, 2.24) is 15.0 Å². The van der Waals surface area contributed by atoms with Crippen LogP contribution in [0.2, 0.25) is 0 Å². The SMILES string of the molecule is CCN(CC)OCN(C)CON(CC)CC. The quantitative estimate of drug-likeness (QED) is 0.420. The van der Waals surface area contributed by atoms with E-state index in [2.05, 4.69) is 27.7 Å². The summed E-state index contributed by atoms with van der Waals surface area (Å²) in [5.74, 6) is 0. The van der Waals surface area contributed by atoms with Crippen molar-refractivity contribution in [1.29, 1.82) is 0 Å². The van der Waals surface area contributed by atoms with Gasteiger partial charge in [-0.1, -0.05) is 27.7 Å². The molecule has 0 fully saturated rings. The molecule has 16 heavy (non-hydrogen) atoms. The summed E-state index contributed by atoms with van der Waals surface area (Å²) in [7, 11) is 1.98. The van der Waals surface area contributed by atoms with Crippen LogP contribution < -0.4 is 0 Å². The van der Waals surface area contributed by atoms with Gasteiger partial charge in [-0.05, 0) is 7.05 Å². The van der Waals surface area contributed by atoms with Crippen molar-refractivity contribution < 1.29 is 9.68 Å². The minimum absolute atomic E-state index is 0.558. The lowest BCUT2D eigenvalue weighted by Gasteiger charge is -2.25. The highest BCUT2D eigenvalue weighted by atomic mass is 16.7. The monoisotopic (exact) mass is 233 g/mol. The molecular formula is C11H27N3O2. The van der Waals surface area contributed by atoms with Gasteiger partial charge in [-0.2, -0.15) is 10.1 Å². The first-order valence-electron chi connectivity index (χ1n) is 6.12. The maximum atomic E-state index is 5.56. The lowest BCUT2D eigenvalue weighted by Crippen LogP contribution is -2.35. The summed E-state index contributed by atoms with van der Waals surface area (Å²) in [5, 5.41) is 3.85. The van der Waals surface area contributed by atoms with E-state index in [1.54, 1.807) is 0 Å². The van der Waals surface area contributed by atoms with E-state index < -0.39 is 0 Å². The molecule has 0 aliphatic heterocycles. The highest BCUT2D eigenvalue weighted by molar-refractivity contribution is 4.38. The van der Waals surface area contributed by atoms with Crippen molar-refractivity contribution >= 4 is 0 Å². The van der Waals surface area contributed by atoms with Crippen molar-refractivity contribution in [3.8, 4) is 0 Å². The molecule has 5 heteroatoms. The predicted molar refractivity (Wildman–Crippen MR) is 65.5 cm³/mol. The van der Waals surface area contributed by atoms with Crippen LogP contribution in [0, 0.1) is 0 Å². The van der Waals surface area contributed by atoms with Crippen LogP contribution in [0.4, 0.5) is 0 Å². The second-order valence-corrected chi connectivity index (χ2v) is 3.60. The number of hydrogen-bond donors (Lipinski definition) is 0. The summed E-state index contributed by atoms with van der Waals surface area (Å²) in [5.41, 5.74) is 0. The Morgan fingerprint density at radius 1 is 0.688 bits per heavy atom. The smallest absolute Gasteiger partial charge is 0.123 e. The van der Waals surface area contributed by atoms with Gasteiger partial charge in [0.1, 0.15) is 13.5 Å². The summed E-state index contributed by atoms with van der Waals surface area (Å²) in [6.07, 6.45) is 0. The van der Waals surface area contributed by atoms with Gasteiger partial charge in [0.05, 0.1) is 0 Å². The molecule has 0 aliphatic carbocycles. The molecule has 0 aliphatic rings. The van der Waals surface area contributed by atoms with Crippen molar-refractivity contribution in [3.05, 3.63) is 0 Å². The first kappa shape index (κ1) is 15.8. The molecule has 98 valence electrons. The van der Waals surface area contributed by atoms with E-state index >= 15 is 0 Å². The molecule has 0 radical (unpaired) electrons. The molecule has 0 saturated heterocycles. The minimum Gasteiger partial charge on any atom is -0.283 e. The number of nitrogens with zero attached hydrogens (tertiary/aromatic N) is 3. The zero-order valence-electron chi connectivity index (χ0n) is 11.4. The largest absolute Gasteiger partial charge is 0.283 e. The highest BCUT2D eigenvalue weighted by Crippen LogP contribution is 1.94. The van der Waals surface area contributed by atoms with Crippen molar-refractivity contribution in [2.75, 3.05) is 46.7 Å². The first-order valence-corrected chi connectivity index (χ1v) is 6.12. The van der Waals surface area contributed by atoms with Crippen LogP contribution in [0.25, 0.3) is 0 Å². The molecular weight excluding hydrogens is 206 g/mol. The Morgan fingerprint density at radius 3 is 1.25 bits per heavy atom. The second-order valence-electron chi connectivity index (χ2n) is 3.60. The Bertz CT molecular complexity index is 134. The van der Waals surface area contributed by atoms with Crippen molar-refractivity contribution in [3.63, 3.8) is 0 Å². The molecule has 0 bridgehead atoms. The van der Waals surface area contributed by atoms with Gasteiger partial charge in [-0.15, -0.1) is 0 Å². The second kappa shape index (κ2) is 9.99. The fourth-order valence-corrected chi connectivity index (χ4v) is 1.21. The average molecular weight is 233 g/mol. The summed E-state index contributed by atoms with van der Waals surface area (Å²) < 4.78 is 0. The molecule has 0 rings (SSSR count). The van der Waals surface area contributed by atoms with Gasteiger partial charge < -0.3 is 0 Å². The van der Waals surface area contributed by atoms with E-state index in [0.717, 1.165) is 26.2 Å². The van der Waals surface area contributed by atoms with Crippen LogP contribution in [0.3, 0.4) is 0 Å². The van der Waals surface area contributed by atoms with Gasteiger partial charge in [0.25, 0.3) is 0 Å². The van der Waals surface area contributed by atoms with E-state index in [1.807, 2.05) is 22.1 Å². The van der Waals surface area contributed by atoms with Gasteiger partial charge >= 0.3 is 0 Å². The standard InChI is InChI=1S/C11H27N3O2/c1-6-13(7-2)15-10-12(5)11-16-14(8-3)9-4/h6-11H2,1-5H3. The van der Waals surface area contributed by atoms with Crippen LogP contribution in [0.5, 0.6) is 0 Å². The molecule has 0 amide bonds. The highest BCUT2D eigenvalue weighted by Gasteiger charge is 2.05. The van der Waals surface area contributed by atoms with E-state index in [1.165, 1.54) is 0 Å². The average Bonchev–Trinajstić information content (AvgIpc) is 2.31. The fourth-order valence-electron chi connectivity index (χ4n) is 1.21. The lowest BCUT2D eigenvalue weighted by atomic mass is 10.6. The maximum Gasteiger partial charge on any atom is 0.123 e. The Labute approximate surface area is 99.8 Å². The maximum absolute atomic E-state index is 5.56. The third-order valence-electron chi connectivity index (χ3n) is 2.33. The van der Waals surface area contributed by atoms with Crippen LogP contribution in [0.1, 0.15) is 27.7 Å². The third kappa shape index (κ3) is 7.14. The topological polar surface area (TPSA) is 28.2 Å². The van der Waals surface area contributed by atoms with Gasteiger partial charge in [0.2, 0.25) is 0 Å². The summed E-state index contributed by atoms with van der Waals surface area (Å²) in [6, 6.07) is 0. The van der Waals surface area contributed by atoms with Gasteiger partial charge in [0.15, 0.2) is 0 Å². The van der Waals surface area contributed by atoms with Gasteiger partial charge in [0, 0.05) is 26.2 Å². The fraction of sp³-hybridized carbons (Fsp3) is 1.00. The molecule has 0 aromatic heterocycles. The van der Waals surface area contributed by atoms with Crippen molar-refractivity contribution in [2.24, 2.45) is 0 Å². The predicted octanol–water partition coefficient (Wildman–Crippen LogP) is 1.38. The zero-order chi connectivity index (χ0) is 12.4. The lowest BCUT2D eigenvalue weighted by molar-refractivity contribution is -0.228. The number of rotatable bonds is 10. The van der Waals surface area contributed by atoms with Gasteiger partial charge in [-0.25, -0.2) is 0 Å². The van der Waals surface area contributed by atoms with Crippen LogP contribution in [-0.2, 0) is 9.68 Å². The molecule has 0 spiro atoms. The molecule has 0 heterocycles. The normalized spacial score (nSPS) is 12.0. The zero-order valence-corrected chi connectivity index (χ0v) is 11.4.